The maximum Gasteiger partial charge on any atom is 0.416 e. The lowest BCUT2D eigenvalue weighted by Crippen LogP contribution is -2.44. The molecule has 1 aromatic heterocycles. The fourth-order valence-corrected chi connectivity index (χ4v) is 4.52. The monoisotopic (exact) mass is 595 g/mol. The number of para-hydroxylation sites is 1. The first-order valence-electron chi connectivity index (χ1n) is 11.8. The summed E-state index contributed by atoms with van der Waals surface area (Å²) >= 11 is 16.9. The molecule has 0 radical (unpaired) electrons. The number of rotatable bonds is 7. The quantitative estimate of drug-likeness (QED) is 0.232. The second-order valence-corrected chi connectivity index (χ2v) is 11.2. The number of carbonyl (C=O) groups excluding carboxylic acids is 4. The molecule has 0 spiro atoms. The Morgan fingerprint density at radius 3 is 2.36 bits per heavy atom. The number of nitrogens with zero attached hydrogens (tertiary/aromatic N) is 2. The van der Waals surface area contributed by atoms with Crippen molar-refractivity contribution in [2.24, 2.45) is 0 Å². The SMILES string of the molecule is COC(=O)[C@@H](Cc1c2n(c3ccccc13)C(=O)[C@H](C)N2C(=O)OCc1ccccc1)NC(=O)OCC(Cl)(Cl)Cl. The predicted octanol–water partition coefficient (Wildman–Crippen LogP) is 5.01. The van der Waals surface area contributed by atoms with Gasteiger partial charge in [0, 0.05) is 17.4 Å². The van der Waals surface area contributed by atoms with Gasteiger partial charge in [-0.3, -0.25) is 14.3 Å². The molecule has 0 saturated heterocycles. The van der Waals surface area contributed by atoms with E-state index in [2.05, 4.69) is 5.32 Å². The van der Waals surface area contributed by atoms with Gasteiger partial charge >= 0.3 is 18.2 Å². The standard InChI is InChI=1S/C26H24Cl3N3O7/c1-15-22(33)32-20-11-7-6-10-17(20)18(12-19(23(34)37-2)30-24(35)39-14-26(27,28)29)21(32)31(15)25(36)38-13-16-8-4-3-5-9-16/h3-11,15,19H,12-14H2,1-2H3,(H,30,35)/t15-,19+/m0/s1. The van der Waals surface area contributed by atoms with Gasteiger partial charge in [0.05, 0.1) is 12.6 Å². The normalized spacial score (nSPS) is 15.6. The highest BCUT2D eigenvalue weighted by molar-refractivity contribution is 6.67. The summed E-state index contributed by atoms with van der Waals surface area (Å²) in [5, 5.41) is 3.00. The van der Waals surface area contributed by atoms with Crippen LogP contribution in [-0.4, -0.2) is 58.2 Å². The van der Waals surface area contributed by atoms with Crippen LogP contribution in [0.1, 0.15) is 22.8 Å². The van der Waals surface area contributed by atoms with Crippen LogP contribution in [0.3, 0.4) is 0 Å². The molecule has 1 aliphatic rings. The molecule has 206 valence electrons. The molecule has 2 amide bonds. The molecular weight excluding hydrogens is 573 g/mol. The van der Waals surface area contributed by atoms with Crippen LogP contribution in [0.5, 0.6) is 0 Å². The Balaban J connectivity index is 1.69. The number of nitrogens with one attached hydrogen (secondary N) is 1. The fourth-order valence-electron chi connectivity index (χ4n) is 4.36. The van der Waals surface area contributed by atoms with Gasteiger partial charge in [0.25, 0.3) is 5.91 Å². The molecule has 1 N–H and O–H groups in total. The van der Waals surface area contributed by atoms with Gasteiger partial charge in [-0.2, -0.15) is 0 Å². The largest absolute Gasteiger partial charge is 0.467 e. The van der Waals surface area contributed by atoms with E-state index in [1.54, 1.807) is 31.2 Å². The van der Waals surface area contributed by atoms with E-state index in [0.717, 1.165) is 12.7 Å². The molecule has 0 fully saturated rings. The Labute approximate surface area is 238 Å². The third-order valence-corrected chi connectivity index (χ3v) is 6.43. The van der Waals surface area contributed by atoms with E-state index in [9.17, 15) is 19.2 Å². The number of esters is 1. The number of aromatic nitrogens is 1. The summed E-state index contributed by atoms with van der Waals surface area (Å²) in [4.78, 5) is 53.0. The van der Waals surface area contributed by atoms with E-state index in [-0.39, 0.29) is 24.8 Å². The van der Waals surface area contributed by atoms with Gasteiger partial charge in [0.15, 0.2) is 0 Å². The third kappa shape index (κ3) is 6.24. The van der Waals surface area contributed by atoms with Gasteiger partial charge in [-0.05, 0) is 18.6 Å². The molecule has 0 aliphatic carbocycles. The van der Waals surface area contributed by atoms with E-state index < -0.39 is 40.6 Å². The lowest BCUT2D eigenvalue weighted by Gasteiger charge is -2.22. The zero-order chi connectivity index (χ0) is 28.3. The molecule has 2 heterocycles. The number of hydrogen-bond donors (Lipinski definition) is 1. The van der Waals surface area contributed by atoms with Crippen molar-refractivity contribution in [2.45, 2.75) is 35.8 Å². The second-order valence-electron chi connectivity index (χ2n) is 8.69. The van der Waals surface area contributed by atoms with Crippen molar-refractivity contribution in [1.82, 2.24) is 9.88 Å². The molecule has 13 heteroatoms. The first-order chi connectivity index (χ1) is 18.5. The highest BCUT2D eigenvalue weighted by Gasteiger charge is 2.43. The first-order valence-corrected chi connectivity index (χ1v) is 12.9. The van der Waals surface area contributed by atoms with Crippen LogP contribution < -0.4 is 10.2 Å². The maximum absolute atomic E-state index is 13.3. The topological polar surface area (TPSA) is 116 Å². The minimum Gasteiger partial charge on any atom is -0.467 e. The van der Waals surface area contributed by atoms with Crippen molar-refractivity contribution in [3.63, 3.8) is 0 Å². The summed E-state index contributed by atoms with van der Waals surface area (Å²) in [5.74, 6) is -0.911. The number of fused-ring (bicyclic) bond motifs is 3. The van der Waals surface area contributed by atoms with E-state index in [1.807, 2.05) is 30.3 Å². The van der Waals surface area contributed by atoms with Gasteiger partial charge in [-0.1, -0.05) is 83.3 Å². The van der Waals surface area contributed by atoms with Gasteiger partial charge in [0.2, 0.25) is 3.79 Å². The Morgan fingerprint density at radius 2 is 1.69 bits per heavy atom. The lowest BCUT2D eigenvalue weighted by atomic mass is 10.0. The number of halogens is 3. The molecule has 2 aromatic carbocycles. The molecule has 39 heavy (non-hydrogen) atoms. The van der Waals surface area contributed by atoms with Crippen molar-refractivity contribution >= 4 is 75.6 Å². The van der Waals surface area contributed by atoms with Gasteiger partial charge < -0.3 is 19.5 Å². The minimum absolute atomic E-state index is 0.00592. The summed E-state index contributed by atoms with van der Waals surface area (Å²) in [6.07, 6.45) is -1.92. The van der Waals surface area contributed by atoms with Crippen molar-refractivity contribution in [3.8, 4) is 0 Å². The van der Waals surface area contributed by atoms with Crippen molar-refractivity contribution in [3.05, 3.63) is 65.7 Å². The van der Waals surface area contributed by atoms with Crippen molar-refractivity contribution in [1.29, 1.82) is 0 Å². The highest BCUT2D eigenvalue weighted by atomic mass is 35.6. The minimum atomic E-state index is -1.85. The van der Waals surface area contributed by atoms with Crippen LogP contribution in [0.15, 0.2) is 54.6 Å². The van der Waals surface area contributed by atoms with Gasteiger partial charge in [0.1, 0.15) is 31.1 Å². The first kappa shape index (κ1) is 28.5. The highest BCUT2D eigenvalue weighted by Crippen LogP contribution is 2.40. The molecule has 0 unspecified atom stereocenters. The van der Waals surface area contributed by atoms with Crippen molar-refractivity contribution < 1.29 is 33.4 Å². The number of alkyl carbamates (subject to hydrolysis) is 1. The number of methoxy groups -OCH3 is 1. The molecule has 0 saturated carbocycles. The van der Waals surface area contributed by atoms with E-state index in [1.165, 1.54) is 9.47 Å². The third-order valence-electron chi connectivity index (χ3n) is 6.10. The summed E-state index contributed by atoms with van der Waals surface area (Å²) < 4.78 is 14.9. The van der Waals surface area contributed by atoms with Gasteiger partial charge in [-0.15, -0.1) is 0 Å². The Kier molecular flexibility index (Phi) is 8.58. The summed E-state index contributed by atoms with van der Waals surface area (Å²) in [6.45, 7) is 1.02. The average Bonchev–Trinajstić information content (AvgIpc) is 3.36. The molecule has 3 aromatic rings. The number of benzene rings is 2. The number of ether oxygens (including phenoxy) is 3. The second kappa shape index (κ2) is 11.7. The molecule has 1 aliphatic heterocycles. The van der Waals surface area contributed by atoms with Crippen LogP contribution >= 0.6 is 34.8 Å². The summed E-state index contributed by atoms with van der Waals surface area (Å²) in [6, 6.07) is 13.9. The number of hydrogen-bond acceptors (Lipinski definition) is 7. The smallest absolute Gasteiger partial charge is 0.416 e. The van der Waals surface area contributed by atoms with Crippen LogP contribution in [0.2, 0.25) is 0 Å². The zero-order valence-electron chi connectivity index (χ0n) is 20.9. The molecule has 4 rings (SSSR count). The molecule has 10 nitrogen and oxygen atoms in total. The number of anilines is 1. The van der Waals surface area contributed by atoms with E-state index >= 15 is 0 Å². The molecule has 0 bridgehead atoms. The summed E-state index contributed by atoms with van der Waals surface area (Å²) in [7, 11) is 1.16. The van der Waals surface area contributed by atoms with E-state index in [4.69, 9.17) is 49.0 Å². The van der Waals surface area contributed by atoms with Crippen LogP contribution in [0.25, 0.3) is 10.9 Å². The number of amides is 2. The number of alkyl halides is 3. The number of carbonyl (C=O) groups is 4. The van der Waals surface area contributed by atoms with Crippen molar-refractivity contribution in [2.75, 3.05) is 18.6 Å². The Bertz CT molecular complexity index is 1410. The van der Waals surface area contributed by atoms with Crippen LogP contribution in [0.4, 0.5) is 15.4 Å². The lowest BCUT2D eigenvalue weighted by molar-refractivity contribution is -0.142. The Morgan fingerprint density at radius 1 is 1.03 bits per heavy atom. The fraction of sp³-hybridized carbons (Fsp3) is 0.308. The zero-order valence-corrected chi connectivity index (χ0v) is 23.1. The molecule has 2 atom stereocenters. The summed E-state index contributed by atoms with van der Waals surface area (Å²) in [5.41, 5.74) is 1.74. The average molecular weight is 597 g/mol. The van der Waals surface area contributed by atoms with Crippen LogP contribution in [-0.2, 0) is 32.0 Å². The van der Waals surface area contributed by atoms with Gasteiger partial charge in [-0.25, -0.2) is 14.4 Å². The Hall–Kier alpha value is -3.47. The maximum atomic E-state index is 13.3. The van der Waals surface area contributed by atoms with E-state index in [0.29, 0.717) is 16.5 Å². The van der Waals surface area contributed by atoms with Crippen LogP contribution in [0, 0.1) is 0 Å². The molecular formula is C26H24Cl3N3O7. The predicted molar refractivity (Wildman–Crippen MR) is 145 cm³/mol.